The van der Waals surface area contributed by atoms with Gasteiger partial charge in [-0.25, -0.2) is 9.59 Å². The Morgan fingerprint density at radius 3 is 1.78 bits per heavy atom. The SMILES string of the molecule is CCCOC(=O)Oc1c(C)c(OC)c(OC(=O)OCCC)c2ccccc12. The maximum Gasteiger partial charge on any atom is 0.513 e. The third kappa shape index (κ3) is 4.81. The van der Waals surface area contributed by atoms with E-state index in [2.05, 4.69) is 0 Å². The summed E-state index contributed by atoms with van der Waals surface area (Å²) < 4.78 is 26.2. The summed E-state index contributed by atoms with van der Waals surface area (Å²) in [6.45, 7) is 6.00. The van der Waals surface area contributed by atoms with Crippen molar-refractivity contribution < 1.29 is 33.3 Å². The number of benzene rings is 2. The van der Waals surface area contributed by atoms with Crippen molar-refractivity contribution in [2.24, 2.45) is 0 Å². The van der Waals surface area contributed by atoms with E-state index >= 15 is 0 Å². The fourth-order valence-electron chi connectivity index (χ4n) is 2.55. The molecule has 0 unspecified atom stereocenters. The van der Waals surface area contributed by atoms with E-state index in [1.807, 2.05) is 13.8 Å². The molecule has 0 saturated carbocycles. The second kappa shape index (κ2) is 9.66. The lowest BCUT2D eigenvalue weighted by atomic mass is 10.0. The van der Waals surface area contributed by atoms with Crippen LogP contribution in [0.1, 0.15) is 32.3 Å². The lowest BCUT2D eigenvalue weighted by Crippen LogP contribution is -2.14. The van der Waals surface area contributed by atoms with E-state index < -0.39 is 12.3 Å². The Kier molecular flexibility index (Phi) is 7.28. The van der Waals surface area contributed by atoms with E-state index in [1.54, 1.807) is 31.2 Å². The molecular weight excluding hydrogens is 352 g/mol. The zero-order chi connectivity index (χ0) is 19.8. The molecule has 0 aliphatic carbocycles. The minimum absolute atomic E-state index is 0.209. The summed E-state index contributed by atoms with van der Waals surface area (Å²) in [4.78, 5) is 23.9. The second-order valence-electron chi connectivity index (χ2n) is 5.76. The fraction of sp³-hybridized carbons (Fsp3) is 0.400. The van der Waals surface area contributed by atoms with Gasteiger partial charge in [0.05, 0.1) is 20.3 Å². The van der Waals surface area contributed by atoms with Crippen LogP contribution in [0.15, 0.2) is 24.3 Å². The number of carbonyl (C=O) groups excluding carboxylic acids is 2. The molecule has 0 aliphatic rings. The van der Waals surface area contributed by atoms with Crippen LogP contribution in [-0.2, 0) is 9.47 Å². The fourth-order valence-corrected chi connectivity index (χ4v) is 2.55. The first-order chi connectivity index (χ1) is 13.0. The average molecular weight is 376 g/mol. The molecule has 27 heavy (non-hydrogen) atoms. The second-order valence-corrected chi connectivity index (χ2v) is 5.76. The van der Waals surface area contributed by atoms with Gasteiger partial charge in [-0.05, 0) is 19.8 Å². The summed E-state index contributed by atoms with van der Waals surface area (Å²) >= 11 is 0. The van der Waals surface area contributed by atoms with Crippen LogP contribution < -0.4 is 14.2 Å². The summed E-state index contributed by atoms with van der Waals surface area (Å²) in [5.74, 6) is 0.777. The van der Waals surface area contributed by atoms with Crippen molar-refractivity contribution in [2.45, 2.75) is 33.6 Å². The highest BCUT2D eigenvalue weighted by molar-refractivity contribution is 5.99. The normalized spacial score (nSPS) is 10.4. The van der Waals surface area contributed by atoms with Gasteiger partial charge in [-0.1, -0.05) is 38.1 Å². The van der Waals surface area contributed by atoms with Crippen molar-refractivity contribution in [1.82, 2.24) is 0 Å². The number of hydrogen-bond acceptors (Lipinski definition) is 7. The predicted octanol–water partition coefficient (Wildman–Crippen LogP) is 5.01. The van der Waals surface area contributed by atoms with Crippen LogP contribution in [0.5, 0.6) is 17.2 Å². The predicted molar refractivity (Wildman–Crippen MR) is 99.8 cm³/mol. The maximum absolute atomic E-state index is 12.0. The maximum atomic E-state index is 12.0. The molecule has 0 amide bonds. The van der Waals surface area contributed by atoms with Gasteiger partial charge in [0.1, 0.15) is 5.75 Å². The Labute approximate surface area is 158 Å². The van der Waals surface area contributed by atoms with Gasteiger partial charge in [-0.2, -0.15) is 0 Å². The van der Waals surface area contributed by atoms with Crippen molar-refractivity contribution >= 4 is 23.1 Å². The van der Waals surface area contributed by atoms with E-state index in [9.17, 15) is 9.59 Å². The topological polar surface area (TPSA) is 80.3 Å². The molecule has 2 rings (SSSR count). The molecule has 0 atom stereocenters. The van der Waals surface area contributed by atoms with E-state index in [0.717, 1.165) is 0 Å². The largest absolute Gasteiger partial charge is 0.513 e. The summed E-state index contributed by atoms with van der Waals surface area (Å²) in [5, 5.41) is 1.13. The lowest BCUT2D eigenvalue weighted by molar-refractivity contribution is 0.0965. The number of rotatable bonds is 7. The van der Waals surface area contributed by atoms with Crippen molar-refractivity contribution in [3.63, 3.8) is 0 Å². The number of hydrogen-bond donors (Lipinski definition) is 0. The Balaban J connectivity index is 2.50. The molecule has 146 valence electrons. The van der Waals surface area contributed by atoms with Gasteiger partial charge >= 0.3 is 12.3 Å². The summed E-state index contributed by atoms with van der Waals surface area (Å²) in [7, 11) is 1.44. The number of fused-ring (bicyclic) bond motifs is 1. The standard InChI is InChI=1S/C20H24O7/c1-5-11-24-19(21)26-16-13(3)17(23-4)18(27-20(22)25-12-6-2)15-10-8-7-9-14(15)16/h7-10H,5-6,11-12H2,1-4H3. The van der Waals surface area contributed by atoms with Crippen LogP contribution in [0.4, 0.5) is 9.59 Å². The highest BCUT2D eigenvalue weighted by Gasteiger charge is 2.24. The molecule has 0 radical (unpaired) electrons. The number of methoxy groups -OCH3 is 1. The van der Waals surface area contributed by atoms with Gasteiger partial charge in [0.15, 0.2) is 11.5 Å². The molecule has 0 bridgehead atoms. The molecule has 0 fully saturated rings. The Hall–Kier alpha value is -2.96. The zero-order valence-corrected chi connectivity index (χ0v) is 16.0. The average Bonchev–Trinajstić information content (AvgIpc) is 2.68. The van der Waals surface area contributed by atoms with Crippen LogP contribution in [0.2, 0.25) is 0 Å². The lowest BCUT2D eigenvalue weighted by Gasteiger charge is -2.18. The van der Waals surface area contributed by atoms with Crippen molar-refractivity contribution in [1.29, 1.82) is 0 Å². The van der Waals surface area contributed by atoms with Gasteiger partial charge in [0.25, 0.3) is 0 Å². The minimum atomic E-state index is -0.823. The molecule has 7 nitrogen and oxygen atoms in total. The molecule has 0 aromatic heterocycles. The van der Waals surface area contributed by atoms with Gasteiger partial charge in [-0.3, -0.25) is 0 Å². The molecule has 0 saturated heterocycles. The van der Waals surface area contributed by atoms with Crippen LogP contribution in [0.3, 0.4) is 0 Å². The number of carbonyl (C=O) groups is 2. The number of ether oxygens (including phenoxy) is 5. The first kappa shape index (κ1) is 20.4. The van der Waals surface area contributed by atoms with Gasteiger partial charge in [0, 0.05) is 16.3 Å². The van der Waals surface area contributed by atoms with Crippen LogP contribution in [-0.4, -0.2) is 32.6 Å². The molecule has 0 N–H and O–H groups in total. The third-order valence-electron chi connectivity index (χ3n) is 3.73. The summed E-state index contributed by atoms with van der Waals surface area (Å²) in [6, 6.07) is 7.07. The quantitative estimate of drug-likeness (QED) is 0.496. The highest BCUT2D eigenvalue weighted by Crippen LogP contribution is 2.45. The minimum Gasteiger partial charge on any atom is -0.492 e. The third-order valence-corrected chi connectivity index (χ3v) is 3.73. The first-order valence-electron chi connectivity index (χ1n) is 8.81. The van der Waals surface area contributed by atoms with E-state index in [4.69, 9.17) is 23.7 Å². The molecule has 7 heteroatoms. The molecule has 0 aliphatic heterocycles. The van der Waals surface area contributed by atoms with Gasteiger partial charge in [-0.15, -0.1) is 0 Å². The molecular formula is C20H24O7. The molecule has 2 aromatic carbocycles. The monoisotopic (exact) mass is 376 g/mol. The summed E-state index contributed by atoms with van der Waals surface area (Å²) in [5.41, 5.74) is 0.503. The Morgan fingerprint density at radius 1 is 0.815 bits per heavy atom. The van der Waals surface area contributed by atoms with Gasteiger partial charge in [0.2, 0.25) is 0 Å². The van der Waals surface area contributed by atoms with Crippen molar-refractivity contribution in [2.75, 3.05) is 20.3 Å². The van der Waals surface area contributed by atoms with Crippen LogP contribution in [0, 0.1) is 6.92 Å². The molecule has 0 spiro atoms. The smallest absolute Gasteiger partial charge is 0.492 e. The summed E-state index contributed by atoms with van der Waals surface area (Å²) in [6.07, 6.45) is -0.261. The van der Waals surface area contributed by atoms with Crippen molar-refractivity contribution in [3.8, 4) is 17.2 Å². The molecule has 0 heterocycles. The van der Waals surface area contributed by atoms with E-state index in [1.165, 1.54) is 7.11 Å². The highest BCUT2D eigenvalue weighted by atomic mass is 16.7. The van der Waals surface area contributed by atoms with E-state index in [0.29, 0.717) is 29.2 Å². The van der Waals surface area contributed by atoms with Crippen molar-refractivity contribution in [3.05, 3.63) is 29.8 Å². The van der Waals surface area contributed by atoms with Crippen LogP contribution >= 0.6 is 0 Å². The van der Waals surface area contributed by atoms with E-state index in [-0.39, 0.29) is 30.5 Å². The Morgan fingerprint density at radius 2 is 1.30 bits per heavy atom. The Bertz CT molecular complexity index is 814. The zero-order valence-electron chi connectivity index (χ0n) is 16.0. The molecule has 2 aromatic rings. The first-order valence-corrected chi connectivity index (χ1v) is 8.81. The van der Waals surface area contributed by atoms with Crippen LogP contribution in [0.25, 0.3) is 10.8 Å². The van der Waals surface area contributed by atoms with Gasteiger partial charge < -0.3 is 23.7 Å².